The molecule has 0 aliphatic rings. The molecule has 6 heteroatoms. The van der Waals surface area contributed by atoms with Gasteiger partial charge in [-0.15, -0.1) is 0 Å². The van der Waals surface area contributed by atoms with Crippen LogP contribution in [0.4, 0.5) is 5.82 Å². The SMILES string of the molecule is CCOc1cncc(NCCNCCOC)n1. The van der Waals surface area contributed by atoms with Crippen LogP contribution in [0.3, 0.4) is 0 Å². The molecule has 0 saturated heterocycles. The van der Waals surface area contributed by atoms with Crippen LogP contribution in [0.25, 0.3) is 0 Å². The summed E-state index contributed by atoms with van der Waals surface area (Å²) in [5.41, 5.74) is 0. The maximum atomic E-state index is 5.26. The van der Waals surface area contributed by atoms with Gasteiger partial charge in [0.25, 0.3) is 0 Å². The third-order valence-electron chi connectivity index (χ3n) is 2.00. The zero-order valence-electron chi connectivity index (χ0n) is 10.4. The number of ether oxygens (including phenoxy) is 2. The molecule has 1 aromatic rings. The molecule has 0 bridgehead atoms. The van der Waals surface area contributed by atoms with Crippen LogP contribution in [0, 0.1) is 0 Å². The van der Waals surface area contributed by atoms with E-state index in [0.717, 1.165) is 32.1 Å². The fraction of sp³-hybridized carbons (Fsp3) is 0.636. The number of anilines is 1. The van der Waals surface area contributed by atoms with E-state index in [2.05, 4.69) is 20.6 Å². The van der Waals surface area contributed by atoms with Crippen molar-refractivity contribution in [2.45, 2.75) is 6.92 Å². The van der Waals surface area contributed by atoms with E-state index >= 15 is 0 Å². The molecule has 17 heavy (non-hydrogen) atoms. The van der Waals surface area contributed by atoms with Gasteiger partial charge in [0.15, 0.2) is 0 Å². The molecule has 96 valence electrons. The van der Waals surface area contributed by atoms with Crippen molar-refractivity contribution in [1.82, 2.24) is 15.3 Å². The topological polar surface area (TPSA) is 68.3 Å². The second-order valence-corrected chi connectivity index (χ2v) is 3.35. The molecule has 2 N–H and O–H groups in total. The summed E-state index contributed by atoms with van der Waals surface area (Å²) in [6, 6.07) is 0. The molecule has 0 fully saturated rings. The molecular formula is C11H20N4O2. The Morgan fingerprint density at radius 3 is 2.88 bits per heavy atom. The fourth-order valence-corrected chi connectivity index (χ4v) is 1.23. The first kappa shape index (κ1) is 13.7. The normalized spacial score (nSPS) is 10.2. The second kappa shape index (κ2) is 8.72. The lowest BCUT2D eigenvalue weighted by molar-refractivity contribution is 0.200. The highest BCUT2D eigenvalue weighted by Crippen LogP contribution is 2.07. The Bertz CT molecular complexity index is 309. The largest absolute Gasteiger partial charge is 0.477 e. The second-order valence-electron chi connectivity index (χ2n) is 3.35. The molecule has 0 unspecified atom stereocenters. The minimum absolute atomic E-state index is 0.546. The summed E-state index contributed by atoms with van der Waals surface area (Å²) < 4.78 is 10.2. The Morgan fingerprint density at radius 2 is 2.12 bits per heavy atom. The standard InChI is InChI=1S/C11H20N4O2/c1-3-17-11-9-13-8-10(15-11)14-5-4-12-6-7-16-2/h8-9,12H,3-7H2,1-2H3,(H,14,15). The summed E-state index contributed by atoms with van der Waals surface area (Å²) in [5.74, 6) is 1.27. The van der Waals surface area contributed by atoms with E-state index in [-0.39, 0.29) is 0 Å². The minimum Gasteiger partial charge on any atom is -0.477 e. The average molecular weight is 240 g/mol. The summed E-state index contributed by atoms with van der Waals surface area (Å²) >= 11 is 0. The third kappa shape index (κ3) is 6.03. The smallest absolute Gasteiger partial charge is 0.234 e. The highest BCUT2D eigenvalue weighted by Gasteiger charge is 1.97. The maximum Gasteiger partial charge on any atom is 0.234 e. The lowest BCUT2D eigenvalue weighted by Crippen LogP contribution is -2.25. The fourth-order valence-electron chi connectivity index (χ4n) is 1.23. The summed E-state index contributed by atoms with van der Waals surface area (Å²) in [4.78, 5) is 8.29. The van der Waals surface area contributed by atoms with E-state index in [1.54, 1.807) is 19.5 Å². The first-order valence-corrected chi connectivity index (χ1v) is 5.75. The van der Waals surface area contributed by atoms with Crippen molar-refractivity contribution in [2.24, 2.45) is 0 Å². The lowest BCUT2D eigenvalue weighted by Gasteiger charge is -2.07. The van der Waals surface area contributed by atoms with Crippen molar-refractivity contribution in [3.05, 3.63) is 12.4 Å². The lowest BCUT2D eigenvalue weighted by atomic mass is 10.5. The van der Waals surface area contributed by atoms with Crippen LogP contribution in [0.1, 0.15) is 6.92 Å². The predicted octanol–water partition coefficient (Wildman–Crippen LogP) is 0.523. The van der Waals surface area contributed by atoms with E-state index in [0.29, 0.717) is 12.5 Å². The van der Waals surface area contributed by atoms with Gasteiger partial charge < -0.3 is 20.1 Å². The van der Waals surface area contributed by atoms with Crippen LogP contribution in [0.5, 0.6) is 5.88 Å². The molecule has 1 rings (SSSR count). The first-order chi connectivity index (χ1) is 8.36. The summed E-state index contributed by atoms with van der Waals surface area (Å²) in [7, 11) is 1.69. The van der Waals surface area contributed by atoms with Gasteiger partial charge in [-0.05, 0) is 6.92 Å². The molecule has 0 radical (unpaired) electrons. The number of hydrogen-bond donors (Lipinski definition) is 2. The molecule has 1 heterocycles. The van der Waals surface area contributed by atoms with Gasteiger partial charge in [-0.2, -0.15) is 4.98 Å². The third-order valence-corrected chi connectivity index (χ3v) is 2.00. The number of nitrogens with one attached hydrogen (secondary N) is 2. The molecule has 0 aliphatic heterocycles. The monoisotopic (exact) mass is 240 g/mol. The molecule has 0 aliphatic carbocycles. The van der Waals surface area contributed by atoms with Crippen molar-refractivity contribution >= 4 is 5.82 Å². The minimum atomic E-state index is 0.546. The van der Waals surface area contributed by atoms with E-state index < -0.39 is 0 Å². The van der Waals surface area contributed by atoms with Crippen molar-refractivity contribution in [1.29, 1.82) is 0 Å². The quantitative estimate of drug-likeness (QED) is 0.613. The van der Waals surface area contributed by atoms with Crippen LogP contribution >= 0.6 is 0 Å². The van der Waals surface area contributed by atoms with Gasteiger partial charge >= 0.3 is 0 Å². The summed E-state index contributed by atoms with van der Waals surface area (Å²) in [5, 5.41) is 6.39. The van der Waals surface area contributed by atoms with E-state index in [1.165, 1.54) is 0 Å². The molecule has 0 saturated carbocycles. The van der Waals surface area contributed by atoms with Crippen LogP contribution < -0.4 is 15.4 Å². The van der Waals surface area contributed by atoms with E-state index in [4.69, 9.17) is 9.47 Å². The zero-order chi connectivity index (χ0) is 12.3. The van der Waals surface area contributed by atoms with Gasteiger partial charge in [-0.1, -0.05) is 0 Å². The molecule has 0 amide bonds. The van der Waals surface area contributed by atoms with Crippen LogP contribution in [0.15, 0.2) is 12.4 Å². The molecule has 1 aromatic heterocycles. The Kier molecular flexibility index (Phi) is 7.01. The van der Waals surface area contributed by atoms with Gasteiger partial charge in [0.1, 0.15) is 5.82 Å². The Hall–Kier alpha value is -1.40. The number of nitrogens with zero attached hydrogens (tertiary/aromatic N) is 2. The predicted molar refractivity (Wildman–Crippen MR) is 66.4 cm³/mol. The van der Waals surface area contributed by atoms with Gasteiger partial charge in [-0.3, -0.25) is 4.98 Å². The van der Waals surface area contributed by atoms with Crippen molar-refractivity contribution < 1.29 is 9.47 Å². The maximum absolute atomic E-state index is 5.26. The van der Waals surface area contributed by atoms with E-state index in [1.807, 2.05) is 6.92 Å². The number of aromatic nitrogens is 2. The van der Waals surface area contributed by atoms with Gasteiger partial charge in [0.2, 0.25) is 5.88 Å². The van der Waals surface area contributed by atoms with Crippen molar-refractivity contribution in [2.75, 3.05) is 45.3 Å². The molecule has 0 atom stereocenters. The number of methoxy groups -OCH3 is 1. The Morgan fingerprint density at radius 1 is 1.24 bits per heavy atom. The van der Waals surface area contributed by atoms with Gasteiger partial charge in [0.05, 0.1) is 25.6 Å². The summed E-state index contributed by atoms with van der Waals surface area (Å²) in [6.45, 7) is 5.72. The van der Waals surface area contributed by atoms with Crippen molar-refractivity contribution in [3.8, 4) is 5.88 Å². The zero-order valence-corrected chi connectivity index (χ0v) is 10.4. The van der Waals surface area contributed by atoms with Crippen LogP contribution in [-0.2, 0) is 4.74 Å². The molecule has 0 spiro atoms. The highest BCUT2D eigenvalue weighted by molar-refractivity contribution is 5.33. The Balaban J connectivity index is 2.19. The average Bonchev–Trinajstić information content (AvgIpc) is 2.35. The van der Waals surface area contributed by atoms with Gasteiger partial charge in [0, 0.05) is 26.7 Å². The van der Waals surface area contributed by atoms with Crippen molar-refractivity contribution in [3.63, 3.8) is 0 Å². The molecule has 6 nitrogen and oxygen atoms in total. The first-order valence-electron chi connectivity index (χ1n) is 5.75. The number of rotatable bonds is 9. The van der Waals surface area contributed by atoms with E-state index in [9.17, 15) is 0 Å². The van der Waals surface area contributed by atoms with Crippen LogP contribution in [0.2, 0.25) is 0 Å². The highest BCUT2D eigenvalue weighted by atomic mass is 16.5. The summed E-state index contributed by atoms with van der Waals surface area (Å²) in [6.07, 6.45) is 3.28. The van der Waals surface area contributed by atoms with Gasteiger partial charge in [-0.25, -0.2) is 0 Å². The molecular weight excluding hydrogens is 220 g/mol. The number of hydrogen-bond acceptors (Lipinski definition) is 6. The molecule has 0 aromatic carbocycles. The van der Waals surface area contributed by atoms with Crippen LogP contribution in [-0.4, -0.2) is 49.9 Å². The Labute approximate surface area is 102 Å².